The summed E-state index contributed by atoms with van der Waals surface area (Å²) in [5.41, 5.74) is 0. The molecule has 110 valence electrons. The molecule has 1 heterocycles. The molecule has 1 rings (SSSR count). The van der Waals surface area contributed by atoms with Crippen molar-refractivity contribution >= 4 is 11.8 Å². The predicted molar refractivity (Wildman–Crippen MR) is 62.8 cm³/mol. The first-order valence-electron chi connectivity index (χ1n) is 5.81. The highest BCUT2D eigenvalue weighted by Crippen LogP contribution is 1.93. The number of nitrogens with zero attached hydrogens (tertiary/aromatic N) is 2. The first-order valence-corrected chi connectivity index (χ1v) is 5.81. The van der Waals surface area contributed by atoms with Gasteiger partial charge in [-0.3, -0.25) is 0 Å². The molecule has 19 heavy (non-hydrogen) atoms. The quantitative estimate of drug-likeness (QED) is 0.460. The van der Waals surface area contributed by atoms with Crippen molar-refractivity contribution in [3.05, 3.63) is 0 Å². The van der Waals surface area contributed by atoms with Gasteiger partial charge in [0.1, 0.15) is 13.2 Å². The Morgan fingerprint density at radius 1 is 0.579 bits per heavy atom. The van der Waals surface area contributed by atoms with Crippen molar-refractivity contribution in [1.29, 1.82) is 0 Å². The van der Waals surface area contributed by atoms with Gasteiger partial charge in [-0.2, -0.15) is 0 Å². The second-order valence-electron chi connectivity index (χ2n) is 3.34. The molecule has 0 atom stereocenters. The maximum Gasteiger partial charge on any atom is 0.316 e. The summed E-state index contributed by atoms with van der Waals surface area (Å²) in [5.74, 6) is -0.644. The van der Waals surface area contributed by atoms with E-state index >= 15 is 0 Å². The molecule has 9 heteroatoms. The SMILES string of the molecule is O/N=C1\OCCOCCOCCOCCO\C1=N/O. The summed E-state index contributed by atoms with van der Waals surface area (Å²) in [4.78, 5) is 0. The lowest BCUT2D eigenvalue weighted by Gasteiger charge is -2.10. The monoisotopic (exact) mass is 278 g/mol. The van der Waals surface area contributed by atoms with E-state index in [0.29, 0.717) is 26.4 Å². The zero-order valence-electron chi connectivity index (χ0n) is 10.5. The van der Waals surface area contributed by atoms with Crippen LogP contribution in [0.5, 0.6) is 0 Å². The molecule has 0 aliphatic carbocycles. The van der Waals surface area contributed by atoms with Gasteiger partial charge in [-0.15, -0.1) is 0 Å². The van der Waals surface area contributed by atoms with Crippen LogP contribution >= 0.6 is 0 Å². The summed E-state index contributed by atoms with van der Waals surface area (Å²) in [7, 11) is 0. The largest absolute Gasteiger partial charge is 0.469 e. The van der Waals surface area contributed by atoms with Crippen molar-refractivity contribution in [1.82, 2.24) is 0 Å². The third-order valence-corrected chi connectivity index (χ3v) is 2.04. The van der Waals surface area contributed by atoms with Crippen molar-refractivity contribution < 1.29 is 34.1 Å². The highest BCUT2D eigenvalue weighted by atomic mass is 16.6. The molecule has 9 nitrogen and oxygen atoms in total. The Labute approximate surface area is 110 Å². The van der Waals surface area contributed by atoms with Crippen molar-refractivity contribution in [2.45, 2.75) is 0 Å². The Morgan fingerprint density at radius 3 is 1.21 bits per heavy atom. The van der Waals surface area contributed by atoms with Crippen LogP contribution in [0.25, 0.3) is 0 Å². The van der Waals surface area contributed by atoms with Gasteiger partial charge in [0.2, 0.25) is 0 Å². The van der Waals surface area contributed by atoms with Crippen LogP contribution in [0.2, 0.25) is 0 Å². The summed E-state index contributed by atoms with van der Waals surface area (Å²) in [6.07, 6.45) is 0. The van der Waals surface area contributed by atoms with Gasteiger partial charge in [0.15, 0.2) is 0 Å². The Hall–Kier alpha value is -1.58. The standard InChI is InChI=1S/C10H18N2O7/c13-11-9-10(12-14)19-8-6-17-4-2-15-1-3-16-5-7-18-9/h13-14H,1-8H2/b11-9-,12-10-. The van der Waals surface area contributed by atoms with Crippen LogP contribution in [0.15, 0.2) is 10.3 Å². The van der Waals surface area contributed by atoms with Crippen LogP contribution in [0, 0.1) is 0 Å². The zero-order chi connectivity index (χ0) is 13.8. The number of hydrogen-bond acceptors (Lipinski definition) is 9. The Morgan fingerprint density at radius 2 is 0.895 bits per heavy atom. The summed E-state index contributed by atoms with van der Waals surface area (Å²) in [6.45, 7) is 2.57. The topological polar surface area (TPSA) is 111 Å². The van der Waals surface area contributed by atoms with E-state index in [1.165, 1.54) is 0 Å². The van der Waals surface area contributed by atoms with Crippen molar-refractivity contribution in [2.75, 3.05) is 52.9 Å². The van der Waals surface area contributed by atoms with Gasteiger partial charge < -0.3 is 34.1 Å². The second kappa shape index (κ2) is 10.4. The average molecular weight is 278 g/mol. The maximum atomic E-state index is 8.74. The first-order chi connectivity index (χ1) is 9.38. The predicted octanol–water partition coefficient (Wildman–Crippen LogP) is -0.342. The highest BCUT2D eigenvalue weighted by Gasteiger charge is 2.14. The smallest absolute Gasteiger partial charge is 0.316 e. The summed E-state index contributed by atoms with van der Waals surface area (Å²) in [6, 6.07) is 0. The average Bonchev–Trinajstić information content (AvgIpc) is 2.45. The molecule has 0 aromatic carbocycles. The van der Waals surface area contributed by atoms with Gasteiger partial charge >= 0.3 is 11.8 Å². The summed E-state index contributed by atoms with van der Waals surface area (Å²) >= 11 is 0. The molecular formula is C10H18N2O7. The van der Waals surface area contributed by atoms with E-state index in [1.54, 1.807) is 0 Å². The highest BCUT2D eigenvalue weighted by molar-refractivity contribution is 6.34. The Balaban J connectivity index is 2.46. The Bertz CT molecular complexity index is 268. The van der Waals surface area contributed by atoms with E-state index in [9.17, 15) is 0 Å². The molecule has 1 saturated heterocycles. The molecule has 0 spiro atoms. The fourth-order valence-corrected chi connectivity index (χ4v) is 1.20. The molecule has 0 amide bonds. The van der Waals surface area contributed by atoms with E-state index in [0.717, 1.165) is 0 Å². The van der Waals surface area contributed by atoms with E-state index in [-0.39, 0.29) is 38.2 Å². The number of ether oxygens (including phenoxy) is 5. The minimum atomic E-state index is -0.322. The van der Waals surface area contributed by atoms with Crippen LogP contribution in [-0.2, 0) is 23.7 Å². The van der Waals surface area contributed by atoms with Crippen LogP contribution in [0.3, 0.4) is 0 Å². The number of rotatable bonds is 0. The van der Waals surface area contributed by atoms with Gasteiger partial charge in [0, 0.05) is 0 Å². The van der Waals surface area contributed by atoms with Crippen LogP contribution in [0.4, 0.5) is 0 Å². The fraction of sp³-hybridized carbons (Fsp3) is 0.800. The second-order valence-corrected chi connectivity index (χ2v) is 3.34. The van der Waals surface area contributed by atoms with Gasteiger partial charge in [-0.05, 0) is 10.3 Å². The molecule has 0 radical (unpaired) electrons. The van der Waals surface area contributed by atoms with Crippen LogP contribution in [-0.4, -0.2) is 75.1 Å². The van der Waals surface area contributed by atoms with Gasteiger partial charge in [0.25, 0.3) is 0 Å². The first kappa shape index (κ1) is 15.5. The van der Waals surface area contributed by atoms with Crippen LogP contribution < -0.4 is 0 Å². The molecule has 0 saturated carbocycles. The summed E-state index contributed by atoms with van der Waals surface area (Å²) < 4.78 is 25.7. The van der Waals surface area contributed by atoms with E-state index < -0.39 is 0 Å². The van der Waals surface area contributed by atoms with Crippen molar-refractivity contribution in [2.24, 2.45) is 10.3 Å². The van der Waals surface area contributed by atoms with E-state index in [4.69, 9.17) is 34.1 Å². The lowest BCUT2D eigenvalue weighted by atomic mass is 10.6. The minimum absolute atomic E-state index is 0.123. The molecule has 0 aromatic heterocycles. The lowest BCUT2D eigenvalue weighted by molar-refractivity contribution is 0.00554. The molecule has 0 unspecified atom stereocenters. The lowest BCUT2D eigenvalue weighted by Crippen LogP contribution is -2.24. The molecule has 0 bridgehead atoms. The molecule has 1 aliphatic rings. The third-order valence-electron chi connectivity index (χ3n) is 2.04. The van der Waals surface area contributed by atoms with E-state index in [2.05, 4.69) is 10.3 Å². The fourth-order valence-electron chi connectivity index (χ4n) is 1.20. The maximum absolute atomic E-state index is 8.74. The number of hydrogen-bond donors (Lipinski definition) is 2. The van der Waals surface area contributed by atoms with Crippen molar-refractivity contribution in [3.63, 3.8) is 0 Å². The molecule has 2 N–H and O–H groups in total. The minimum Gasteiger partial charge on any atom is -0.469 e. The molecule has 0 aromatic rings. The Kier molecular flexibility index (Phi) is 8.43. The molecule has 1 aliphatic heterocycles. The molecular weight excluding hydrogens is 260 g/mol. The molecule has 1 fully saturated rings. The number of oxime groups is 2. The third kappa shape index (κ3) is 6.79. The van der Waals surface area contributed by atoms with Crippen LogP contribution in [0.1, 0.15) is 0 Å². The van der Waals surface area contributed by atoms with E-state index in [1.807, 2.05) is 0 Å². The zero-order valence-corrected chi connectivity index (χ0v) is 10.5. The van der Waals surface area contributed by atoms with Gasteiger partial charge in [-0.1, -0.05) is 0 Å². The summed E-state index contributed by atoms with van der Waals surface area (Å²) in [5, 5.41) is 23.2. The van der Waals surface area contributed by atoms with Gasteiger partial charge in [0.05, 0.1) is 39.6 Å². The van der Waals surface area contributed by atoms with Crippen molar-refractivity contribution in [3.8, 4) is 0 Å². The normalized spacial score (nSPS) is 25.1. The van der Waals surface area contributed by atoms with Gasteiger partial charge in [-0.25, -0.2) is 0 Å².